The molecule has 5 heteroatoms. The van der Waals surface area contributed by atoms with Gasteiger partial charge in [-0.1, -0.05) is 37.6 Å². The Morgan fingerprint density at radius 3 is 2.44 bits per heavy atom. The molecule has 18 heavy (non-hydrogen) atoms. The maximum absolute atomic E-state index is 12.2. The van der Waals surface area contributed by atoms with Crippen molar-refractivity contribution in [2.24, 2.45) is 5.92 Å². The third kappa shape index (κ3) is 4.04. The average molecular weight is 270 g/mol. The van der Waals surface area contributed by atoms with E-state index in [0.717, 1.165) is 0 Å². The fraction of sp³-hybridized carbons (Fsp3) is 0.385. The second kappa shape index (κ2) is 6.40. The van der Waals surface area contributed by atoms with Crippen molar-refractivity contribution in [2.75, 3.05) is 13.1 Å². The largest absolute Gasteiger partial charge is 0.480 e. The second-order valence-corrected chi connectivity index (χ2v) is 4.86. The molecule has 1 rings (SSSR count). The number of halogens is 1. The molecule has 1 amide bonds. The summed E-state index contributed by atoms with van der Waals surface area (Å²) in [6, 6.07) is 6.64. The number of carboxylic acids is 1. The highest BCUT2D eigenvalue weighted by atomic mass is 35.5. The molecule has 0 aliphatic carbocycles. The van der Waals surface area contributed by atoms with Gasteiger partial charge in [-0.3, -0.25) is 9.59 Å². The lowest BCUT2D eigenvalue weighted by molar-refractivity contribution is -0.137. The summed E-state index contributed by atoms with van der Waals surface area (Å²) >= 11 is 5.94. The minimum atomic E-state index is -1.03. The number of carbonyl (C=O) groups excluding carboxylic acids is 1. The quantitative estimate of drug-likeness (QED) is 0.894. The molecule has 4 nitrogen and oxygen atoms in total. The topological polar surface area (TPSA) is 57.6 Å². The van der Waals surface area contributed by atoms with Gasteiger partial charge in [0.1, 0.15) is 6.54 Å². The van der Waals surface area contributed by atoms with Crippen LogP contribution in [-0.4, -0.2) is 35.0 Å². The number of amides is 1. The van der Waals surface area contributed by atoms with Crippen LogP contribution >= 0.6 is 11.6 Å². The molecule has 0 spiro atoms. The molecule has 0 heterocycles. The summed E-state index contributed by atoms with van der Waals surface area (Å²) in [7, 11) is 0. The van der Waals surface area contributed by atoms with Gasteiger partial charge in [0.15, 0.2) is 0 Å². The Bertz CT molecular complexity index is 446. The molecule has 0 saturated heterocycles. The van der Waals surface area contributed by atoms with Gasteiger partial charge < -0.3 is 10.0 Å². The molecule has 1 aromatic carbocycles. The van der Waals surface area contributed by atoms with Crippen LogP contribution in [0.25, 0.3) is 0 Å². The monoisotopic (exact) mass is 269 g/mol. The van der Waals surface area contributed by atoms with E-state index in [1.165, 1.54) is 4.90 Å². The lowest BCUT2D eigenvalue weighted by Crippen LogP contribution is -2.38. The molecular weight excluding hydrogens is 254 g/mol. The zero-order valence-electron chi connectivity index (χ0n) is 10.4. The summed E-state index contributed by atoms with van der Waals surface area (Å²) in [5.41, 5.74) is 0.334. The Hall–Kier alpha value is -1.55. The van der Waals surface area contributed by atoms with Crippen LogP contribution in [0, 0.1) is 5.92 Å². The van der Waals surface area contributed by atoms with E-state index in [4.69, 9.17) is 16.7 Å². The Morgan fingerprint density at radius 1 is 1.33 bits per heavy atom. The fourth-order valence-electron chi connectivity index (χ4n) is 1.63. The number of carbonyl (C=O) groups is 2. The Labute approximate surface area is 111 Å². The van der Waals surface area contributed by atoms with Gasteiger partial charge in [-0.25, -0.2) is 0 Å². The molecule has 0 radical (unpaired) electrons. The number of nitrogens with zero attached hydrogens (tertiary/aromatic N) is 1. The number of hydrogen-bond donors (Lipinski definition) is 1. The summed E-state index contributed by atoms with van der Waals surface area (Å²) in [6.45, 7) is 3.92. The fourth-order valence-corrected chi connectivity index (χ4v) is 1.84. The van der Waals surface area contributed by atoms with E-state index in [1.807, 2.05) is 13.8 Å². The molecule has 0 atom stereocenters. The van der Waals surface area contributed by atoms with E-state index < -0.39 is 5.97 Å². The van der Waals surface area contributed by atoms with Gasteiger partial charge >= 0.3 is 5.97 Å². The van der Waals surface area contributed by atoms with E-state index in [-0.39, 0.29) is 18.4 Å². The smallest absolute Gasteiger partial charge is 0.323 e. The van der Waals surface area contributed by atoms with Crippen LogP contribution in [0.1, 0.15) is 24.2 Å². The van der Waals surface area contributed by atoms with Crippen molar-refractivity contribution in [1.82, 2.24) is 4.90 Å². The van der Waals surface area contributed by atoms with E-state index in [0.29, 0.717) is 17.1 Å². The lowest BCUT2D eigenvalue weighted by Gasteiger charge is -2.23. The van der Waals surface area contributed by atoms with Gasteiger partial charge in [-0.2, -0.15) is 0 Å². The van der Waals surface area contributed by atoms with E-state index >= 15 is 0 Å². The normalized spacial score (nSPS) is 10.4. The molecule has 98 valence electrons. The van der Waals surface area contributed by atoms with Crippen molar-refractivity contribution < 1.29 is 14.7 Å². The Balaban J connectivity index is 2.95. The molecule has 0 bridgehead atoms. The van der Waals surface area contributed by atoms with Crippen molar-refractivity contribution in [3.05, 3.63) is 34.9 Å². The van der Waals surface area contributed by atoms with Crippen LogP contribution in [0.5, 0.6) is 0 Å². The van der Waals surface area contributed by atoms with Gasteiger partial charge in [0.2, 0.25) is 0 Å². The number of hydrogen-bond acceptors (Lipinski definition) is 2. The van der Waals surface area contributed by atoms with Gasteiger partial charge in [0, 0.05) is 6.54 Å². The molecule has 0 aliphatic heterocycles. The van der Waals surface area contributed by atoms with Crippen LogP contribution in [0.4, 0.5) is 0 Å². The van der Waals surface area contributed by atoms with Gasteiger partial charge in [0.25, 0.3) is 5.91 Å². The molecule has 0 aromatic heterocycles. The minimum absolute atomic E-state index is 0.191. The van der Waals surface area contributed by atoms with Crippen LogP contribution in [0.15, 0.2) is 24.3 Å². The first kappa shape index (κ1) is 14.5. The first-order chi connectivity index (χ1) is 8.41. The minimum Gasteiger partial charge on any atom is -0.480 e. The molecule has 1 aromatic rings. The second-order valence-electron chi connectivity index (χ2n) is 4.45. The van der Waals surface area contributed by atoms with Gasteiger partial charge in [-0.05, 0) is 18.1 Å². The van der Waals surface area contributed by atoms with Crippen LogP contribution < -0.4 is 0 Å². The molecular formula is C13H16ClNO3. The summed E-state index contributed by atoms with van der Waals surface area (Å²) in [5, 5.41) is 9.17. The molecule has 0 saturated carbocycles. The third-order valence-corrected chi connectivity index (χ3v) is 2.63. The summed E-state index contributed by atoms with van der Waals surface area (Å²) in [5.74, 6) is -1.19. The van der Waals surface area contributed by atoms with Gasteiger partial charge in [-0.15, -0.1) is 0 Å². The zero-order valence-corrected chi connectivity index (χ0v) is 11.1. The molecule has 0 aliphatic rings. The van der Waals surface area contributed by atoms with E-state index in [1.54, 1.807) is 24.3 Å². The lowest BCUT2D eigenvalue weighted by atomic mass is 10.1. The standard InChI is InChI=1S/C13H16ClNO3/c1-9(2)7-15(8-12(16)17)13(18)10-5-3-4-6-11(10)14/h3-6,9H,7-8H2,1-2H3,(H,16,17). The van der Waals surface area contributed by atoms with E-state index in [9.17, 15) is 9.59 Å². The van der Waals surface area contributed by atoms with E-state index in [2.05, 4.69) is 0 Å². The van der Waals surface area contributed by atoms with Crippen molar-refractivity contribution in [1.29, 1.82) is 0 Å². The van der Waals surface area contributed by atoms with Crippen molar-refractivity contribution >= 4 is 23.5 Å². The number of rotatable bonds is 5. The van der Waals surface area contributed by atoms with Crippen LogP contribution in [-0.2, 0) is 4.79 Å². The summed E-state index contributed by atoms with van der Waals surface area (Å²) in [6.07, 6.45) is 0. The molecule has 0 fully saturated rings. The number of aliphatic carboxylic acids is 1. The third-order valence-electron chi connectivity index (χ3n) is 2.30. The SMILES string of the molecule is CC(C)CN(CC(=O)O)C(=O)c1ccccc1Cl. The first-order valence-electron chi connectivity index (χ1n) is 5.67. The predicted molar refractivity (Wildman–Crippen MR) is 69.8 cm³/mol. The summed E-state index contributed by atoms with van der Waals surface area (Å²) < 4.78 is 0. The van der Waals surface area contributed by atoms with Crippen LogP contribution in [0.3, 0.4) is 0 Å². The number of benzene rings is 1. The highest BCUT2D eigenvalue weighted by Crippen LogP contribution is 2.17. The zero-order chi connectivity index (χ0) is 13.7. The van der Waals surface area contributed by atoms with Crippen LogP contribution in [0.2, 0.25) is 5.02 Å². The predicted octanol–water partition coefficient (Wildman–Crippen LogP) is 2.52. The Morgan fingerprint density at radius 2 is 1.94 bits per heavy atom. The maximum Gasteiger partial charge on any atom is 0.323 e. The van der Waals surface area contributed by atoms with Gasteiger partial charge in [0.05, 0.1) is 10.6 Å². The van der Waals surface area contributed by atoms with Crippen molar-refractivity contribution in [3.8, 4) is 0 Å². The summed E-state index contributed by atoms with van der Waals surface area (Å²) in [4.78, 5) is 24.3. The maximum atomic E-state index is 12.2. The van der Waals surface area contributed by atoms with Crippen molar-refractivity contribution in [3.63, 3.8) is 0 Å². The molecule has 0 unspecified atom stereocenters. The number of carboxylic acid groups (broad SMARTS) is 1. The van der Waals surface area contributed by atoms with Crippen molar-refractivity contribution in [2.45, 2.75) is 13.8 Å². The average Bonchev–Trinajstić information content (AvgIpc) is 2.26. The first-order valence-corrected chi connectivity index (χ1v) is 6.05. The highest BCUT2D eigenvalue weighted by Gasteiger charge is 2.21. The highest BCUT2D eigenvalue weighted by molar-refractivity contribution is 6.33. The molecule has 1 N–H and O–H groups in total. The Kier molecular flexibility index (Phi) is 5.16.